The molecule has 0 radical (unpaired) electrons. The largest absolute Gasteiger partial charge is 0.379 e. The zero-order chi connectivity index (χ0) is 25.2. The minimum Gasteiger partial charge on any atom is -0.379 e. The molecule has 2 aromatic heterocycles. The van der Waals surface area contributed by atoms with Crippen molar-refractivity contribution >= 4 is 28.4 Å². The number of hydrogen-bond acceptors (Lipinski definition) is 6. The molecule has 0 atom stereocenters. The summed E-state index contributed by atoms with van der Waals surface area (Å²) in [6.45, 7) is 12.1. The number of pyridine rings is 1. The number of fused-ring (bicyclic) bond motifs is 4. The third-order valence-corrected chi connectivity index (χ3v) is 8.68. The zero-order valence-electron chi connectivity index (χ0n) is 21.2. The standard InChI is InChI=1S/C28H33N5O3/c1-27(2)20-15-22(32-8-6-28(3,7-9-32)33-10-12-36-13-11-33)30-16-19(20)24(34)23-18-5-4-17(26(29)35)14-21(18)31-25(23)27/h4-5,14-16,31H,6-13H2,1-3H3,(H2,29,35). The monoisotopic (exact) mass is 487 g/mol. The van der Waals surface area contributed by atoms with Crippen molar-refractivity contribution in [3.63, 3.8) is 0 Å². The Hall–Kier alpha value is -3.23. The molecule has 4 heterocycles. The van der Waals surface area contributed by atoms with E-state index in [1.807, 2.05) is 6.07 Å². The lowest BCUT2D eigenvalue weighted by Gasteiger charge is -2.48. The summed E-state index contributed by atoms with van der Waals surface area (Å²) in [6.07, 6.45) is 3.90. The smallest absolute Gasteiger partial charge is 0.248 e. The molecule has 1 aromatic carbocycles. The molecule has 2 aliphatic heterocycles. The number of aromatic amines is 1. The Morgan fingerprint density at radius 1 is 1.08 bits per heavy atom. The molecule has 0 saturated carbocycles. The Morgan fingerprint density at radius 2 is 1.81 bits per heavy atom. The maximum Gasteiger partial charge on any atom is 0.248 e. The van der Waals surface area contributed by atoms with Crippen LogP contribution in [0.3, 0.4) is 0 Å². The number of ether oxygens (including phenoxy) is 1. The molecule has 1 aliphatic carbocycles. The van der Waals surface area contributed by atoms with Gasteiger partial charge in [-0.25, -0.2) is 4.98 Å². The lowest BCUT2D eigenvalue weighted by atomic mass is 9.72. The fourth-order valence-electron chi connectivity index (χ4n) is 6.28. The Kier molecular flexibility index (Phi) is 5.25. The number of aromatic nitrogens is 2. The summed E-state index contributed by atoms with van der Waals surface area (Å²) in [7, 11) is 0. The second-order valence-electron chi connectivity index (χ2n) is 11.1. The van der Waals surface area contributed by atoms with Crippen molar-refractivity contribution in [1.82, 2.24) is 14.9 Å². The number of amides is 1. The van der Waals surface area contributed by atoms with E-state index in [4.69, 9.17) is 15.5 Å². The van der Waals surface area contributed by atoms with Gasteiger partial charge in [0.15, 0.2) is 5.78 Å². The molecular formula is C28H33N5O3. The second kappa shape index (κ2) is 8.15. The van der Waals surface area contributed by atoms with Crippen LogP contribution in [0.5, 0.6) is 0 Å². The van der Waals surface area contributed by atoms with E-state index < -0.39 is 11.3 Å². The number of anilines is 1. The molecule has 3 N–H and O–H groups in total. The van der Waals surface area contributed by atoms with Crippen molar-refractivity contribution in [1.29, 1.82) is 0 Å². The highest BCUT2D eigenvalue weighted by molar-refractivity contribution is 6.20. The van der Waals surface area contributed by atoms with Crippen LogP contribution in [0, 0.1) is 0 Å². The Balaban J connectivity index is 1.32. The third-order valence-electron chi connectivity index (χ3n) is 8.68. The number of nitrogens with two attached hydrogens (primary N) is 1. The minimum absolute atomic E-state index is 0.0324. The van der Waals surface area contributed by atoms with Crippen molar-refractivity contribution < 1.29 is 14.3 Å². The number of nitrogens with zero attached hydrogens (tertiary/aromatic N) is 3. The first-order valence-corrected chi connectivity index (χ1v) is 12.8. The van der Waals surface area contributed by atoms with E-state index in [9.17, 15) is 9.59 Å². The van der Waals surface area contributed by atoms with Gasteiger partial charge in [-0.15, -0.1) is 0 Å². The SMILES string of the molecule is CC1(C)c2cc(N3CCC(C)(N4CCOCC4)CC3)ncc2C(=O)c2c1[nH]c1cc(C(N)=O)ccc21. The summed E-state index contributed by atoms with van der Waals surface area (Å²) < 4.78 is 5.55. The molecule has 3 aliphatic rings. The molecule has 0 bridgehead atoms. The van der Waals surface area contributed by atoms with Crippen LogP contribution in [-0.2, 0) is 10.2 Å². The lowest BCUT2D eigenvalue weighted by molar-refractivity contribution is -0.0249. The van der Waals surface area contributed by atoms with Crippen LogP contribution < -0.4 is 10.6 Å². The predicted molar refractivity (Wildman–Crippen MR) is 139 cm³/mol. The topological polar surface area (TPSA) is 105 Å². The van der Waals surface area contributed by atoms with Crippen LogP contribution >= 0.6 is 0 Å². The first-order chi connectivity index (χ1) is 17.2. The number of piperidine rings is 1. The van der Waals surface area contributed by atoms with Crippen LogP contribution in [0.2, 0.25) is 0 Å². The van der Waals surface area contributed by atoms with Gasteiger partial charge in [-0.3, -0.25) is 14.5 Å². The number of ketones is 1. The average Bonchev–Trinajstić information content (AvgIpc) is 3.28. The molecule has 2 saturated heterocycles. The molecule has 6 rings (SSSR count). The van der Waals surface area contributed by atoms with Gasteiger partial charge in [-0.2, -0.15) is 0 Å². The summed E-state index contributed by atoms with van der Waals surface area (Å²) in [5, 5.41) is 0.807. The summed E-state index contributed by atoms with van der Waals surface area (Å²) in [5.74, 6) is 0.405. The maximum atomic E-state index is 13.7. The van der Waals surface area contributed by atoms with E-state index in [0.29, 0.717) is 16.7 Å². The molecular weight excluding hydrogens is 454 g/mol. The number of morpholine rings is 1. The van der Waals surface area contributed by atoms with E-state index in [0.717, 1.165) is 80.2 Å². The highest BCUT2D eigenvalue weighted by Crippen LogP contribution is 2.44. The van der Waals surface area contributed by atoms with E-state index in [1.54, 1.807) is 18.3 Å². The van der Waals surface area contributed by atoms with Crippen LogP contribution in [0.1, 0.15) is 71.1 Å². The lowest BCUT2D eigenvalue weighted by Crippen LogP contribution is -2.56. The van der Waals surface area contributed by atoms with Gasteiger partial charge in [0.05, 0.1) is 18.8 Å². The van der Waals surface area contributed by atoms with Gasteiger partial charge >= 0.3 is 0 Å². The van der Waals surface area contributed by atoms with Crippen molar-refractivity contribution in [3.8, 4) is 0 Å². The molecule has 188 valence electrons. The van der Waals surface area contributed by atoms with Gasteiger partial charge in [0.1, 0.15) is 5.82 Å². The molecule has 3 aromatic rings. The Bertz CT molecular complexity index is 1380. The van der Waals surface area contributed by atoms with E-state index in [1.165, 1.54) is 0 Å². The van der Waals surface area contributed by atoms with E-state index in [-0.39, 0.29) is 11.3 Å². The van der Waals surface area contributed by atoms with Crippen molar-refractivity contribution in [2.45, 2.75) is 44.6 Å². The molecule has 2 fully saturated rings. The Labute approximate surface area is 210 Å². The number of carbonyl (C=O) groups is 2. The van der Waals surface area contributed by atoms with Crippen molar-refractivity contribution in [3.05, 3.63) is 58.4 Å². The number of H-pyrrole nitrogens is 1. The maximum absolute atomic E-state index is 13.7. The highest BCUT2D eigenvalue weighted by Gasteiger charge is 2.41. The molecule has 1 amide bonds. The van der Waals surface area contributed by atoms with Gasteiger partial charge < -0.3 is 20.4 Å². The van der Waals surface area contributed by atoms with Crippen LogP contribution in [0.4, 0.5) is 5.82 Å². The first-order valence-electron chi connectivity index (χ1n) is 12.8. The van der Waals surface area contributed by atoms with Crippen LogP contribution in [-0.4, -0.2) is 71.5 Å². The van der Waals surface area contributed by atoms with Gasteiger partial charge in [0.25, 0.3) is 0 Å². The number of rotatable bonds is 3. The molecule has 0 unspecified atom stereocenters. The van der Waals surface area contributed by atoms with Gasteiger partial charge in [0.2, 0.25) is 5.91 Å². The normalized spacial score (nSPS) is 21.3. The summed E-state index contributed by atoms with van der Waals surface area (Å²) in [6, 6.07) is 7.32. The highest BCUT2D eigenvalue weighted by atomic mass is 16.5. The molecule has 36 heavy (non-hydrogen) atoms. The third kappa shape index (κ3) is 3.46. The molecule has 0 spiro atoms. The van der Waals surface area contributed by atoms with Gasteiger partial charge in [0, 0.05) is 71.1 Å². The number of nitrogens with one attached hydrogen (secondary N) is 1. The van der Waals surface area contributed by atoms with Gasteiger partial charge in [-0.05, 0) is 43.5 Å². The summed E-state index contributed by atoms with van der Waals surface area (Å²) in [5.41, 5.74) is 9.56. The number of primary amides is 1. The number of carbonyl (C=O) groups excluding carboxylic acids is 2. The van der Waals surface area contributed by atoms with Crippen LogP contribution in [0.15, 0.2) is 30.5 Å². The number of hydrogen-bond donors (Lipinski definition) is 2. The summed E-state index contributed by atoms with van der Waals surface area (Å²) in [4.78, 5) is 38.5. The second-order valence-corrected chi connectivity index (χ2v) is 11.1. The zero-order valence-corrected chi connectivity index (χ0v) is 21.2. The summed E-state index contributed by atoms with van der Waals surface area (Å²) >= 11 is 0. The quantitative estimate of drug-likeness (QED) is 0.588. The molecule has 8 nitrogen and oxygen atoms in total. The van der Waals surface area contributed by atoms with Crippen molar-refractivity contribution in [2.24, 2.45) is 5.73 Å². The fraction of sp³-hybridized carbons (Fsp3) is 0.464. The van der Waals surface area contributed by atoms with Crippen molar-refractivity contribution in [2.75, 3.05) is 44.3 Å². The average molecular weight is 488 g/mol. The van der Waals surface area contributed by atoms with Crippen LogP contribution in [0.25, 0.3) is 10.9 Å². The van der Waals surface area contributed by atoms with Gasteiger partial charge in [-0.1, -0.05) is 19.9 Å². The first kappa shape index (κ1) is 23.2. The van der Waals surface area contributed by atoms with E-state index in [2.05, 4.69) is 41.6 Å². The predicted octanol–water partition coefficient (Wildman–Crippen LogP) is 3.22. The minimum atomic E-state index is -0.488. The Morgan fingerprint density at radius 3 is 2.50 bits per heavy atom. The molecule has 8 heteroatoms. The van der Waals surface area contributed by atoms with E-state index >= 15 is 0 Å². The fourth-order valence-corrected chi connectivity index (χ4v) is 6.28. The number of benzene rings is 1.